The van der Waals surface area contributed by atoms with Crippen LogP contribution >= 0.6 is 11.3 Å². The fourth-order valence-corrected chi connectivity index (χ4v) is 4.03. The summed E-state index contributed by atoms with van der Waals surface area (Å²) in [6.45, 7) is 0.511. The molecule has 0 unspecified atom stereocenters. The number of amides is 1. The average molecular weight is 383 g/mol. The van der Waals surface area contributed by atoms with Gasteiger partial charge in [0.25, 0.3) is 0 Å². The largest absolute Gasteiger partial charge is 0.458 e. The van der Waals surface area contributed by atoms with Crippen LogP contribution in [0.2, 0.25) is 0 Å². The highest BCUT2D eigenvalue weighted by atomic mass is 32.1. The lowest BCUT2D eigenvalue weighted by Crippen LogP contribution is -2.41. The van der Waals surface area contributed by atoms with Crippen molar-refractivity contribution in [1.82, 2.24) is 25.1 Å². The second kappa shape index (κ2) is 6.27. The van der Waals surface area contributed by atoms with E-state index in [0.717, 1.165) is 11.4 Å². The molecule has 0 spiro atoms. The SMILES string of the molecule is O=C(Cc1nncs1)N1CCc2[nH]cnc2[C@@H]1c1cc2c(F)cccc2o1. The van der Waals surface area contributed by atoms with Crippen molar-refractivity contribution < 1.29 is 13.6 Å². The van der Waals surface area contributed by atoms with Crippen molar-refractivity contribution in [3.05, 3.63) is 64.1 Å². The molecule has 4 aromatic rings. The van der Waals surface area contributed by atoms with Crippen LogP contribution in [0.5, 0.6) is 0 Å². The first-order valence-corrected chi connectivity index (χ1v) is 9.33. The zero-order valence-corrected chi connectivity index (χ0v) is 14.9. The van der Waals surface area contributed by atoms with Crippen molar-refractivity contribution in [3.8, 4) is 0 Å². The molecule has 9 heteroatoms. The van der Waals surface area contributed by atoms with Crippen LogP contribution < -0.4 is 0 Å². The molecule has 1 aliphatic heterocycles. The third kappa shape index (κ3) is 2.71. The van der Waals surface area contributed by atoms with Gasteiger partial charge in [-0.05, 0) is 18.2 Å². The van der Waals surface area contributed by atoms with Crippen molar-refractivity contribution >= 4 is 28.2 Å². The number of imidazole rings is 1. The van der Waals surface area contributed by atoms with Crippen molar-refractivity contribution in [3.63, 3.8) is 0 Å². The highest BCUT2D eigenvalue weighted by Gasteiger charge is 2.36. The molecule has 0 saturated heterocycles. The van der Waals surface area contributed by atoms with Crippen LogP contribution in [-0.2, 0) is 17.6 Å². The van der Waals surface area contributed by atoms with Crippen LogP contribution in [0.1, 0.15) is 28.2 Å². The Morgan fingerprint density at radius 2 is 2.37 bits per heavy atom. The fourth-order valence-electron chi connectivity index (χ4n) is 3.52. The first kappa shape index (κ1) is 16.1. The van der Waals surface area contributed by atoms with E-state index in [9.17, 15) is 9.18 Å². The van der Waals surface area contributed by atoms with Gasteiger partial charge in [-0.1, -0.05) is 6.07 Å². The van der Waals surface area contributed by atoms with Crippen LogP contribution in [0, 0.1) is 5.82 Å². The van der Waals surface area contributed by atoms with E-state index in [4.69, 9.17) is 4.42 Å². The molecule has 3 aromatic heterocycles. The van der Waals surface area contributed by atoms with Gasteiger partial charge in [-0.3, -0.25) is 4.79 Å². The standard InChI is InChI=1S/C18H14FN5O2S/c19-11-2-1-3-13-10(11)6-14(26-13)18-17-12(20-8-21-17)4-5-24(18)16(25)7-15-23-22-9-27-15/h1-3,6,8-9,18H,4-5,7H2,(H,20,21)/t18-/m0/s1. The minimum Gasteiger partial charge on any atom is -0.458 e. The third-order valence-electron chi connectivity index (χ3n) is 4.75. The number of carbonyl (C=O) groups is 1. The molecule has 1 aromatic carbocycles. The highest BCUT2D eigenvalue weighted by Crippen LogP contribution is 2.37. The third-order valence-corrected chi connectivity index (χ3v) is 5.45. The maximum atomic E-state index is 14.1. The molecule has 0 saturated carbocycles. The number of rotatable bonds is 3. The summed E-state index contributed by atoms with van der Waals surface area (Å²) in [6, 6.07) is 5.85. The summed E-state index contributed by atoms with van der Waals surface area (Å²) >= 11 is 1.34. The van der Waals surface area contributed by atoms with Gasteiger partial charge in [0.1, 0.15) is 33.7 Å². The summed E-state index contributed by atoms with van der Waals surface area (Å²) in [7, 11) is 0. The molecule has 4 heterocycles. The number of fused-ring (bicyclic) bond motifs is 2. The van der Waals surface area contributed by atoms with Gasteiger partial charge in [-0.15, -0.1) is 21.5 Å². The average Bonchev–Trinajstić information content (AvgIpc) is 3.41. The van der Waals surface area contributed by atoms with Gasteiger partial charge in [-0.2, -0.15) is 0 Å². The molecule has 1 atom stereocenters. The van der Waals surface area contributed by atoms with E-state index in [1.807, 2.05) is 0 Å². The molecular weight excluding hydrogens is 369 g/mol. The van der Waals surface area contributed by atoms with Crippen LogP contribution in [0.15, 0.2) is 40.5 Å². The van der Waals surface area contributed by atoms with Gasteiger partial charge in [0.15, 0.2) is 0 Å². The first-order chi connectivity index (χ1) is 13.2. The molecule has 1 N–H and O–H groups in total. The second-order valence-electron chi connectivity index (χ2n) is 6.32. The zero-order valence-electron chi connectivity index (χ0n) is 14.1. The van der Waals surface area contributed by atoms with Gasteiger partial charge in [0, 0.05) is 18.7 Å². The Morgan fingerprint density at radius 1 is 1.44 bits per heavy atom. The topological polar surface area (TPSA) is 87.9 Å². The molecule has 7 nitrogen and oxygen atoms in total. The number of aromatic amines is 1. The monoisotopic (exact) mass is 383 g/mol. The van der Waals surface area contributed by atoms with Crippen LogP contribution in [-0.4, -0.2) is 37.5 Å². The van der Waals surface area contributed by atoms with Crippen molar-refractivity contribution in [2.45, 2.75) is 18.9 Å². The lowest BCUT2D eigenvalue weighted by Gasteiger charge is -2.33. The number of aromatic nitrogens is 4. The Labute approximate surface area is 156 Å². The molecule has 0 bridgehead atoms. The maximum Gasteiger partial charge on any atom is 0.230 e. The van der Waals surface area contributed by atoms with Gasteiger partial charge in [0.2, 0.25) is 5.91 Å². The van der Waals surface area contributed by atoms with Crippen LogP contribution in [0.3, 0.4) is 0 Å². The Morgan fingerprint density at radius 3 is 3.19 bits per heavy atom. The van der Waals surface area contributed by atoms with Crippen LogP contribution in [0.4, 0.5) is 4.39 Å². The summed E-state index contributed by atoms with van der Waals surface area (Å²) < 4.78 is 20.1. The van der Waals surface area contributed by atoms with E-state index in [1.54, 1.807) is 34.9 Å². The summed E-state index contributed by atoms with van der Waals surface area (Å²) in [4.78, 5) is 22.2. The summed E-state index contributed by atoms with van der Waals surface area (Å²) in [5.41, 5.74) is 3.74. The van der Waals surface area contributed by atoms with Gasteiger partial charge < -0.3 is 14.3 Å². The number of hydrogen-bond donors (Lipinski definition) is 1. The number of nitrogens with zero attached hydrogens (tertiary/aromatic N) is 4. The minimum atomic E-state index is -0.507. The Balaban J connectivity index is 1.58. The van der Waals surface area contributed by atoms with Crippen molar-refractivity contribution in [2.75, 3.05) is 6.54 Å². The number of H-pyrrole nitrogens is 1. The number of nitrogens with one attached hydrogen (secondary N) is 1. The predicted octanol–water partition coefficient (Wildman–Crippen LogP) is 2.86. The van der Waals surface area contributed by atoms with Crippen molar-refractivity contribution in [2.24, 2.45) is 0 Å². The first-order valence-electron chi connectivity index (χ1n) is 8.45. The van der Waals surface area contributed by atoms with Crippen LogP contribution in [0.25, 0.3) is 11.0 Å². The Hall–Kier alpha value is -3.07. The number of carbonyl (C=O) groups excluding carboxylic acids is 1. The minimum absolute atomic E-state index is 0.0914. The normalized spacial score (nSPS) is 16.6. The Kier molecular flexibility index (Phi) is 3.75. The number of halogens is 1. The molecule has 136 valence electrons. The van der Waals surface area contributed by atoms with Gasteiger partial charge >= 0.3 is 0 Å². The lowest BCUT2D eigenvalue weighted by atomic mass is 9.99. The van der Waals surface area contributed by atoms with E-state index in [2.05, 4.69) is 20.2 Å². The predicted molar refractivity (Wildman–Crippen MR) is 95.6 cm³/mol. The molecular formula is C18H14FN5O2S. The molecule has 0 radical (unpaired) electrons. The summed E-state index contributed by atoms with van der Waals surface area (Å²) in [5.74, 6) is 0.0485. The van der Waals surface area contributed by atoms with E-state index < -0.39 is 6.04 Å². The van der Waals surface area contributed by atoms with Gasteiger partial charge in [-0.25, -0.2) is 9.37 Å². The summed E-state index contributed by atoms with van der Waals surface area (Å²) in [6.07, 6.45) is 2.44. The molecule has 1 aliphatic rings. The number of furan rings is 1. The second-order valence-corrected chi connectivity index (χ2v) is 7.23. The smallest absolute Gasteiger partial charge is 0.230 e. The van der Waals surface area contributed by atoms with E-state index in [1.165, 1.54) is 17.4 Å². The molecule has 5 rings (SSSR count). The van der Waals surface area contributed by atoms with E-state index >= 15 is 0 Å². The fraction of sp³-hybridized carbons (Fsp3) is 0.222. The summed E-state index contributed by atoms with van der Waals surface area (Å²) in [5, 5.41) is 8.79. The van der Waals surface area contributed by atoms with Crippen molar-refractivity contribution in [1.29, 1.82) is 0 Å². The van der Waals surface area contributed by atoms with E-state index in [0.29, 0.717) is 34.7 Å². The molecule has 0 aliphatic carbocycles. The quantitative estimate of drug-likeness (QED) is 0.588. The number of benzene rings is 1. The Bertz CT molecular complexity index is 1120. The zero-order chi connectivity index (χ0) is 18.4. The van der Waals surface area contributed by atoms with Gasteiger partial charge in [0.05, 0.1) is 23.8 Å². The molecule has 0 fully saturated rings. The molecule has 1 amide bonds. The lowest BCUT2D eigenvalue weighted by molar-refractivity contribution is -0.133. The highest BCUT2D eigenvalue weighted by molar-refractivity contribution is 7.09. The maximum absolute atomic E-state index is 14.1. The number of hydrogen-bond acceptors (Lipinski definition) is 6. The molecule has 27 heavy (non-hydrogen) atoms. The van der Waals surface area contributed by atoms with E-state index in [-0.39, 0.29) is 18.1 Å².